The summed E-state index contributed by atoms with van der Waals surface area (Å²) < 4.78 is 5.76. The molecule has 0 radical (unpaired) electrons. The van der Waals surface area contributed by atoms with Gasteiger partial charge in [-0.1, -0.05) is 25.1 Å². The number of alkyl halides is 1. The van der Waals surface area contributed by atoms with Gasteiger partial charge in [-0.25, -0.2) is 0 Å². The van der Waals surface area contributed by atoms with Crippen molar-refractivity contribution in [1.82, 2.24) is 0 Å². The van der Waals surface area contributed by atoms with Crippen LogP contribution in [0, 0.1) is 6.92 Å². The molecule has 84 valence electrons. The van der Waals surface area contributed by atoms with Crippen LogP contribution in [-0.2, 0) is 5.88 Å². The zero-order valence-corrected chi connectivity index (χ0v) is 10.8. The normalized spacial score (nSPS) is 10.3. The molecule has 0 aliphatic heterocycles. The van der Waals surface area contributed by atoms with E-state index in [0.717, 1.165) is 35.0 Å². The first-order valence-corrected chi connectivity index (χ1v) is 6.83. The van der Waals surface area contributed by atoms with Crippen molar-refractivity contribution in [2.75, 3.05) is 18.1 Å². The second-order valence-corrected chi connectivity index (χ2v) is 4.90. The minimum atomic E-state index is 0.512. The Hall–Kier alpha value is -0.340. The second-order valence-electron chi connectivity index (χ2n) is 3.24. The standard InChI is InChI=1S/C12H17ClOS/c1-3-15-8-7-14-12-10(2)5-4-6-11(12)9-13/h4-6H,3,7-9H2,1-2H3. The minimum Gasteiger partial charge on any atom is -0.492 e. The van der Waals surface area contributed by atoms with Gasteiger partial charge in [-0.05, 0) is 18.2 Å². The number of benzene rings is 1. The van der Waals surface area contributed by atoms with Crippen LogP contribution in [0.5, 0.6) is 5.75 Å². The first-order chi connectivity index (χ1) is 7.29. The van der Waals surface area contributed by atoms with Crippen molar-refractivity contribution in [3.8, 4) is 5.75 Å². The molecule has 15 heavy (non-hydrogen) atoms. The Kier molecular flexibility index (Phi) is 5.96. The number of halogens is 1. The number of thioether (sulfide) groups is 1. The van der Waals surface area contributed by atoms with Crippen LogP contribution in [0.1, 0.15) is 18.1 Å². The van der Waals surface area contributed by atoms with Crippen molar-refractivity contribution in [3.63, 3.8) is 0 Å². The molecular weight excluding hydrogens is 228 g/mol. The van der Waals surface area contributed by atoms with Gasteiger partial charge in [0, 0.05) is 11.3 Å². The van der Waals surface area contributed by atoms with Crippen LogP contribution in [0.4, 0.5) is 0 Å². The second kappa shape index (κ2) is 7.02. The summed E-state index contributed by atoms with van der Waals surface area (Å²) in [6.45, 7) is 4.97. The predicted molar refractivity (Wildman–Crippen MR) is 69.2 cm³/mol. The molecule has 0 amide bonds. The van der Waals surface area contributed by atoms with Gasteiger partial charge in [0.25, 0.3) is 0 Å². The highest BCUT2D eigenvalue weighted by molar-refractivity contribution is 7.99. The molecule has 0 spiro atoms. The molecule has 0 saturated carbocycles. The van der Waals surface area contributed by atoms with Gasteiger partial charge in [0.2, 0.25) is 0 Å². The van der Waals surface area contributed by atoms with E-state index in [0.29, 0.717) is 5.88 Å². The zero-order chi connectivity index (χ0) is 11.1. The van der Waals surface area contributed by atoms with Gasteiger partial charge in [0.15, 0.2) is 0 Å². The average molecular weight is 245 g/mol. The van der Waals surface area contributed by atoms with Crippen molar-refractivity contribution < 1.29 is 4.74 Å². The Balaban J connectivity index is 2.58. The minimum absolute atomic E-state index is 0.512. The van der Waals surface area contributed by atoms with Crippen molar-refractivity contribution in [1.29, 1.82) is 0 Å². The fraction of sp³-hybridized carbons (Fsp3) is 0.500. The van der Waals surface area contributed by atoms with Gasteiger partial charge in [0.1, 0.15) is 5.75 Å². The SMILES string of the molecule is CCSCCOc1c(C)cccc1CCl. The summed E-state index contributed by atoms with van der Waals surface area (Å²) >= 11 is 7.75. The first kappa shape index (κ1) is 12.7. The van der Waals surface area contributed by atoms with Crippen molar-refractivity contribution in [3.05, 3.63) is 29.3 Å². The van der Waals surface area contributed by atoms with Crippen LogP contribution in [-0.4, -0.2) is 18.1 Å². The molecule has 0 N–H and O–H groups in total. The molecule has 1 nitrogen and oxygen atoms in total. The highest BCUT2D eigenvalue weighted by Crippen LogP contribution is 2.24. The molecule has 0 fully saturated rings. The molecule has 0 unspecified atom stereocenters. The van der Waals surface area contributed by atoms with Crippen LogP contribution in [0.3, 0.4) is 0 Å². The maximum atomic E-state index is 5.86. The van der Waals surface area contributed by atoms with E-state index in [1.54, 1.807) is 0 Å². The fourth-order valence-corrected chi connectivity index (χ4v) is 2.07. The number of hydrogen-bond donors (Lipinski definition) is 0. The summed E-state index contributed by atoms with van der Waals surface area (Å²) in [6, 6.07) is 6.08. The smallest absolute Gasteiger partial charge is 0.126 e. The Morgan fingerprint density at radius 1 is 1.40 bits per heavy atom. The van der Waals surface area contributed by atoms with Gasteiger partial charge < -0.3 is 4.74 Å². The van der Waals surface area contributed by atoms with Crippen LogP contribution in [0.2, 0.25) is 0 Å². The molecule has 0 bridgehead atoms. The number of aryl methyl sites for hydroxylation is 1. The summed E-state index contributed by atoms with van der Waals surface area (Å²) in [5.74, 6) is 3.65. The molecule has 1 rings (SSSR count). The number of para-hydroxylation sites is 1. The van der Waals surface area contributed by atoms with E-state index in [-0.39, 0.29) is 0 Å². The Labute approximate surface area is 101 Å². The third kappa shape index (κ3) is 3.96. The summed E-state index contributed by atoms with van der Waals surface area (Å²) in [5.41, 5.74) is 2.24. The van der Waals surface area contributed by atoms with Gasteiger partial charge in [0.05, 0.1) is 12.5 Å². The van der Waals surface area contributed by atoms with Gasteiger partial charge in [-0.2, -0.15) is 11.8 Å². The monoisotopic (exact) mass is 244 g/mol. The summed E-state index contributed by atoms with van der Waals surface area (Å²) in [7, 11) is 0. The van der Waals surface area contributed by atoms with Crippen molar-refractivity contribution in [2.24, 2.45) is 0 Å². The van der Waals surface area contributed by atoms with E-state index in [4.69, 9.17) is 16.3 Å². The highest BCUT2D eigenvalue weighted by atomic mass is 35.5. The van der Waals surface area contributed by atoms with Crippen LogP contribution >= 0.6 is 23.4 Å². The first-order valence-electron chi connectivity index (χ1n) is 5.14. The summed E-state index contributed by atoms with van der Waals surface area (Å²) in [5, 5.41) is 0. The lowest BCUT2D eigenvalue weighted by atomic mass is 10.1. The lowest BCUT2D eigenvalue weighted by Gasteiger charge is -2.12. The fourth-order valence-electron chi connectivity index (χ4n) is 1.37. The van der Waals surface area contributed by atoms with E-state index in [1.165, 1.54) is 0 Å². The molecule has 0 heterocycles. The zero-order valence-electron chi connectivity index (χ0n) is 9.25. The lowest BCUT2D eigenvalue weighted by Crippen LogP contribution is -2.03. The van der Waals surface area contributed by atoms with Crippen molar-refractivity contribution in [2.45, 2.75) is 19.7 Å². The Bertz CT molecular complexity index is 302. The van der Waals surface area contributed by atoms with Gasteiger partial charge in [-0.3, -0.25) is 0 Å². The maximum Gasteiger partial charge on any atom is 0.126 e. The molecule has 0 aliphatic rings. The molecule has 0 atom stereocenters. The van der Waals surface area contributed by atoms with E-state index in [1.807, 2.05) is 23.9 Å². The van der Waals surface area contributed by atoms with E-state index >= 15 is 0 Å². The van der Waals surface area contributed by atoms with E-state index < -0.39 is 0 Å². The van der Waals surface area contributed by atoms with Crippen molar-refractivity contribution >= 4 is 23.4 Å². The Morgan fingerprint density at radius 2 is 2.20 bits per heavy atom. The molecular formula is C12H17ClOS. The van der Waals surface area contributed by atoms with E-state index in [9.17, 15) is 0 Å². The molecule has 1 aromatic carbocycles. The Morgan fingerprint density at radius 3 is 2.87 bits per heavy atom. The van der Waals surface area contributed by atoms with Crippen LogP contribution < -0.4 is 4.74 Å². The molecule has 0 saturated heterocycles. The quantitative estimate of drug-likeness (QED) is 0.555. The third-order valence-corrected chi connectivity index (χ3v) is 3.27. The largest absolute Gasteiger partial charge is 0.492 e. The lowest BCUT2D eigenvalue weighted by molar-refractivity contribution is 0.339. The van der Waals surface area contributed by atoms with Gasteiger partial charge in [-0.15, -0.1) is 11.6 Å². The molecule has 0 aromatic heterocycles. The summed E-state index contributed by atoms with van der Waals surface area (Å²) in [6.07, 6.45) is 0. The summed E-state index contributed by atoms with van der Waals surface area (Å²) in [4.78, 5) is 0. The third-order valence-electron chi connectivity index (χ3n) is 2.12. The average Bonchev–Trinajstić information content (AvgIpc) is 2.26. The van der Waals surface area contributed by atoms with E-state index in [2.05, 4.69) is 19.9 Å². The molecule has 0 aliphatic carbocycles. The topological polar surface area (TPSA) is 9.23 Å². The molecule has 3 heteroatoms. The predicted octanol–water partition coefficient (Wildman–Crippen LogP) is 3.87. The van der Waals surface area contributed by atoms with Crippen LogP contribution in [0.15, 0.2) is 18.2 Å². The number of ether oxygens (including phenoxy) is 1. The number of hydrogen-bond acceptors (Lipinski definition) is 2. The number of rotatable bonds is 6. The molecule has 1 aromatic rings. The van der Waals surface area contributed by atoms with Crippen LogP contribution in [0.25, 0.3) is 0 Å². The maximum absolute atomic E-state index is 5.86. The van der Waals surface area contributed by atoms with Gasteiger partial charge >= 0.3 is 0 Å². The highest BCUT2D eigenvalue weighted by Gasteiger charge is 2.05.